The molecule has 1 rings (SSSR count). The number of esters is 1. The van der Waals surface area contributed by atoms with Gasteiger partial charge in [-0.1, -0.05) is 27.4 Å². The lowest BCUT2D eigenvalue weighted by atomic mass is 9.86. The van der Waals surface area contributed by atoms with Crippen LogP contribution in [0.25, 0.3) is 0 Å². The van der Waals surface area contributed by atoms with E-state index in [1.807, 2.05) is 20.8 Å². The molecule has 2 atom stereocenters. The van der Waals surface area contributed by atoms with E-state index in [1.165, 1.54) is 6.08 Å². The summed E-state index contributed by atoms with van der Waals surface area (Å²) < 4.78 is 11.8. The van der Waals surface area contributed by atoms with Gasteiger partial charge < -0.3 is 14.3 Å². The summed E-state index contributed by atoms with van der Waals surface area (Å²) >= 11 is 0. The second-order valence-corrected chi connectivity index (χ2v) is 13.9. The first-order valence-corrected chi connectivity index (χ1v) is 11.5. The van der Waals surface area contributed by atoms with Gasteiger partial charge in [-0.15, -0.1) is 0 Å². The lowest BCUT2D eigenvalue weighted by molar-refractivity contribution is -0.148. The van der Waals surface area contributed by atoms with Crippen molar-refractivity contribution in [3.05, 3.63) is 23.8 Å². The zero-order valence-corrected chi connectivity index (χ0v) is 17.5. The summed E-state index contributed by atoms with van der Waals surface area (Å²) in [4.78, 5) is 12.1. The van der Waals surface area contributed by atoms with E-state index in [0.717, 1.165) is 5.57 Å². The van der Waals surface area contributed by atoms with Crippen LogP contribution in [0.3, 0.4) is 0 Å². The quantitative estimate of drug-likeness (QED) is 0.465. The van der Waals surface area contributed by atoms with Gasteiger partial charge in [-0.2, -0.15) is 0 Å². The molecule has 0 aromatic rings. The van der Waals surface area contributed by atoms with Gasteiger partial charge in [-0.3, -0.25) is 0 Å². The van der Waals surface area contributed by atoms with Crippen LogP contribution in [0.15, 0.2) is 23.8 Å². The van der Waals surface area contributed by atoms with Gasteiger partial charge in [0.25, 0.3) is 0 Å². The summed E-state index contributed by atoms with van der Waals surface area (Å²) in [5, 5.41) is 10.4. The Bertz CT molecular complexity index is 520. The molecule has 1 N–H and O–H groups in total. The predicted octanol–water partition coefficient (Wildman–Crippen LogP) is 4.36. The van der Waals surface area contributed by atoms with E-state index < -0.39 is 26.0 Å². The van der Waals surface area contributed by atoms with Gasteiger partial charge in [0.15, 0.2) is 8.32 Å². The summed E-state index contributed by atoms with van der Waals surface area (Å²) in [6.45, 7) is 20.4. The maximum Gasteiger partial charge on any atom is 0.331 e. The number of ether oxygens (including phenoxy) is 1. The molecular weight excluding hydrogens is 320 g/mol. The molecule has 1 aliphatic carbocycles. The zero-order valence-electron chi connectivity index (χ0n) is 16.5. The number of rotatable bonds is 3. The molecule has 0 radical (unpaired) electrons. The fourth-order valence-corrected chi connectivity index (χ4v) is 3.74. The Morgan fingerprint density at radius 1 is 1.25 bits per heavy atom. The van der Waals surface area contributed by atoms with E-state index in [0.29, 0.717) is 18.4 Å². The fraction of sp³-hybridized carbons (Fsp3) is 0.737. The summed E-state index contributed by atoms with van der Waals surface area (Å²) in [7, 11) is -1.94. The molecule has 0 aromatic heterocycles. The van der Waals surface area contributed by atoms with E-state index in [-0.39, 0.29) is 11.1 Å². The molecule has 0 aromatic carbocycles. The van der Waals surface area contributed by atoms with Crippen LogP contribution >= 0.6 is 0 Å². The summed E-state index contributed by atoms with van der Waals surface area (Å²) in [6.07, 6.45) is 1.79. The van der Waals surface area contributed by atoms with E-state index in [9.17, 15) is 9.90 Å². The average molecular weight is 355 g/mol. The predicted molar refractivity (Wildman–Crippen MR) is 100 cm³/mol. The molecule has 1 fully saturated rings. The molecule has 0 aliphatic heterocycles. The van der Waals surface area contributed by atoms with Crippen LogP contribution < -0.4 is 0 Å². The van der Waals surface area contributed by atoms with Crippen molar-refractivity contribution in [3.8, 4) is 0 Å². The minimum Gasteiger partial charge on any atom is -0.457 e. The highest BCUT2D eigenvalue weighted by Crippen LogP contribution is 2.40. The second-order valence-electron chi connectivity index (χ2n) is 9.18. The number of hydrogen-bond donors (Lipinski definition) is 1. The topological polar surface area (TPSA) is 55.8 Å². The van der Waals surface area contributed by atoms with Crippen molar-refractivity contribution >= 4 is 14.3 Å². The van der Waals surface area contributed by atoms with Gasteiger partial charge >= 0.3 is 5.97 Å². The minimum absolute atomic E-state index is 0.0971. The Morgan fingerprint density at radius 2 is 1.79 bits per heavy atom. The first-order chi connectivity index (χ1) is 10.6. The molecule has 1 aliphatic rings. The molecule has 0 saturated heterocycles. The van der Waals surface area contributed by atoms with Crippen molar-refractivity contribution in [2.24, 2.45) is 0 Å². The van der Waals surface area contributed by atoms with Gasteiger partial charge in [0.1, 0.15) is 5.60 Å². The normalized spacial score (nSPS) is 25.0. The van der Waals surface area contributed by atoms with Crippen LogP contribution in [-0.2, 0) is 14.0 Å². The highest BCUT2D eigenvalue weighted by atomic mass is 28.4. The SMILES string of the molecule is C=C1/C(=C/C(=O)OC(C)(C)C)C[C@@H](O[Si](C)(C)C(C)(C)C)C[C@H]1O. The van der Waals surface area contributed by atoms with Crippen LogP contribution in [-0.4, -0.2) is 37.2 Å². The molecule has 4 nitrogen and oxygen atoms in total. The van der Waals surface area contributed by atoms with Gasteiger partial charge in [0.05, 0.1) is 12.2 Å². The molecular formula is C19H34O4Si. The summed E-state index contributed by atoms with van der Waals surface area (Å²) in [5.74, 6) is -0.404. The van der Waals surface area contributed by atoms with E-state index >= 15 is 0 Å². The van der Waals surface area contributed by atoms with Gasteiger partial charge in [-0.25, -0.2) is 4.79 Å². The van der Waals surface area contributed by atoms with Gasteiger partial charge in [0.2, 0.25) is 0 Å². The van der Waals surface area contributed by atoms with Gasteiger partial charge in [-0.05, 0) is 56.5 Å². The molecule has 0 unspecified atom stereocenters. The van der Waals surface area contributed by atoms with Gasteiger partial charge in [0, 0.05) is 12.5 Å². The summed E-state index contributed by atoms with van der Waals surface area (Å²) in [5.41, 5.74) is 0.780. The first-order valence-electron chi connectivity index (χ1n) is 8.61. The maximum absolute atomic E-state index is 12.1. The highest BCUT2D eigenvalue weighted by Gasteiger charge is 2.41. The lowest BCUT2D eigenvalue weighted by Gasteiger charge is -2.41. The monoisotopic (exact) mass is 354 g/mol. The zero-order chi connectivity index (χ0) is 18.9. The van der Waals surface area contributed by atoms with Crippen molar-refractivity contribution in [2.45, 2.75) is 90.3 Å². The Morgan fingerprint density at radius 3 is 2.25 bits per heavy atom. The average Bonchev–Trinajstić information content (AvgIpc) is 2.30. The molecule has 0 spiro atoms. The lowest BCUT2D eigenvalue weighted by Crippen LogP contribution is -2.46. The highest BCUT2D eigenvalue weighted by molar-refractivity contribution is 6.74. The van der Waals surface area contributed by atoms with Crippen molar-refractivity contribution in [3.63, 3.8) is 0 Å². The molecule has 0 bridgehead atoms. The Hall–Kier alpha value is -0.913. The largest absolute Gasteiger partial charge is 0.457 e. The molecule has 1 saturated carbocycles. The van der Waals surface area contributed by atoms with Crippen LogP contribution in [0.5, 0.6) is 0 Å². The molecule has 5 heteroatoms. The standard InChI is InChI=1S/C19H34O4Si/c1-13-14(11-17(21)22-18(2,3)4)10-15(12-16(13)20)23-24(8,9)19(5,6)7/h11,15-16,20H,1,10,12H2,2-9H3/b14-11+/t15-,16-/m1/s1. The molecule has 0 heterocycles. The van der Waals surface area contributed by atoms with Crippen molar-refractivity contribution in [1.82, 2.24) is 0 Å². The molecule has 0 amide bonds. The van der Waals surface area contributed by atoms with Crippen molar-refractivity contribution in [2.75, 3.05) is 0 Å². The third kappa shape index (κ3) is 5.87. The van der Waals surface area contributed by atoms with E-state index in [4.69, 9.17) is 9.16 Å². The Balaban J connectivity index is 2.92. The smallest absolute Gasteiger partial charge is 0.331 e. The minimum atomic E-state index is -1.94. The second kappa shape index (κ2) is 7.14. The third-order valence-corrected chi connectivity index (χ3v) is 9.25. The first kappa shape index (κ1) is 21.1. The van der Waals surface area contributed by atoms with Crippen LogP contribution in [0.4, 0.5) is 0 Å². The summed E-state index contributed by atoms with van der Waals surface area (Å²) in [6, 6.07) is 0. The van der Waals surface area contributed by atoms with E-state index in [2.05, 4.69) is 40.4 Å². The molecule has 138 valence electrons. The number of carbonyl (C=O) groups is 1. The Kier molecular flexibility index (Phi) is 6.29. The molecule has 24 heavy (non-hydrogen) atoms. The number of aliphatic hydroxyl groups excluding tert-OH is 1. The fourth-order valence-electron chi connectivity index (χ4n) is 2.37. The maximum atomic E-state index is 12.1. The van der Waals surface area contributed by atoms with Crippen LogP contribution in [0.2, 0.25) is 18.1 Å². The third-order valence-electron chi connectivity index (χ3n) is 4.71. The van der Waals surface area contributed by atoms with E-state index in [1.54, 1.807) is 0 Å². The number of aliphatic hydroxyl groups is 1. The number of hydrogen-bond acceptors (Lipinski definition) is 4. The Labute approximate surface area is 148 Å². The van der Waals surface area contributed by atoms with Crippen molar-refractivity contribution < 1.29 is 19.1 Å². The van der Waals surface area contributed by atoms with Crippen LogP contribution in [0, 0.1) is 0 Å². The van der Waals surface area contributed by atoms with Crippen molar-refractivity contribution in [1.29, 1.82) is 0 Å². The van der Waals surface area contributed by atoms with Crippen LogP contribution in [0.1, 0.15) is 54.4 Å². The number of carbonyl (C=O) groups excluding carboxylic acids is 1.